The minimum atomic E-state index is -0.663. The van der Waals surface area contributed by atoms with Gasteiger partial charge < -0.3 is 9.84 Å². The number of halogens is 2. The van der Waals surface area contributed by atoms with Crippen LogP contribution in [0.25, 0.3) is 11.1 Å². The molecule has 0 spiro atoms. The van der Waals surface area contributed by atoms with E-state index in [-0.39, 0.29) is 17.1 Å². The second-order valence-corrected chi connectivity index (χ2v) is 5.36. The molecule has 0 unspecified atom stereocenters. The zero-order chi connectivity index (χ0) is 15.6. The van der Waals surface area contributed by atoms with Crippen molar-refractivity contribution in [2.75, 3.05) is 13.4 Å². The first-order valence-corrected chi connectivity index (χ1v) is 7.53. The Morgan fingerprint density at radius 1 is 1.33 bits per heavy atom. The molecule has 0 radical (unpaired) electrons. The van der Waals surface area contributed by atoms with E-state index in [0.717, 1.165) is 0 Å². The molecule has 2 aromatic rings. The summed E-state index contributed by atoms with van der Waals surface area (Å²) in [6, 6.07) is 7.09. The molecule has 6 heteroatoms. The van der Waals surface area contributed by atoms with Crippen molar-refractivity contribution < 1.29 is 19.0 Å². The van der Waals surface area contributed by atoms with Gasteiger partial charge in [0, 0.05) is 10.5 Å². The van der Waals surface area contributed by atoms with E-state index in [9.17, 15) is 14.3 Å². The summed E-state index contributed by atoms with van der Waals surface area (Å²) in [5.74, 6) is -1.25. The number of rotatable bonds is 3. The Labute approximate surface area is 130 Å². The molecule has 3 nitrogen and oxygen atoms in total. The van der Waals surface area contributed by atoms with Gasteiger partial charge in [-0.2, -0.15) is 0 Å². The van der Waals surface area contributed by atoms with Gasteiger partial charge in [0.25, 0.3) is 0 Å². The molecule has 0 fully saturated rings. The Morgan fingerprint density at radius 2 is 1.95 bits per heavy atom. The van der Waals surface area contributed by atoms with Crippen LogP contribution in [-0.4, -0.2) is 24.4 Å². The van der Waals surface area contributed by atoms with Crippen LogP contribution in [0.1, 0.15) is 10.4 Å². The molecule has 0 aliphatic rings. The first kappa shape index (κ1) is 15.7. The number of phenolic OH excluding ortho intramolecular Hbond substituents is 1. The maximum atomic E-state index is 13.0. The molecule has 0 amide bonds. The van der Waals surface area contributed by atoms with Gasteiger partial charge in [-0.15, -0.1) is 11.8 Å². The average Bonchev–Trinajstić information content (AvgIpc) is 2.49. The second-order valence-electron chi connectivity index (χ2n) is 4.16. The van der Waals surface area contributed by atoms with E-state index in [4.69, 9.17) is 11.6 Å². The quantitative estimate of drug-likeness (QED) is 0.672. The van der Waals surface area contributed by atoms with Gasteiger partial charge in [-0.05, 0) is 30.0 Å². The first-order chi connectivity index (χ1) is 9.99. The van der Waals surface area contributed by atoms with E-state index < -0.39 is 5.97 Å². The molecule has 2 rings (SSSR count). The summed E-state index contributed by atoms with van der Waals surface area (Å²) in [4.78, 5) is 12.2. The SMILES string of the molecule is COC(=O)c1c(O)cc(-c2ccc(F)cc2)c(Cl)c1SC. The van der Waals surface area contributed by atoms with E-state index in [1.807, 2.05) is 0 Å². The number of carbonyl (C=O) groups is 1. The molecule has 110 valence electrons. The topological polar surface area (TPSA) is 46.5 Å². The number of aromatic hydroxyl groups is 1. The highest BCUT2D eigenvalue weighted by Gasteiger charge is 2.23. The van der Waals surface area contributed by atoms with Crippen molar-refractivity contribution in [2.45, 2.75) is 4.90 Å². The van der Waals surface area contributed by atoms with E-state index in [1.54, 1.807) is 18.4 Å². The van der Waals surface area contributed by atoms with Gasteiger partial charge >= 0.3 is 5.97 Å². The summed E-state index contributed by atoms with van der Waals surface area (Å²) >= 11 is 7.55. The fraction of sp³-hybridized carbons (Fsp3) is 0.133. The molecule has 2 aromatic carbocycles. The molecule has 1 N–H and O–H groups in total. The van der Waals surface area contributed by atoms with Crippen molar-refractivity contribution in [2.24, 2.45) is 0 Å². The molecule has 0 saturated carbocycles. The third-order valence-corrected chi connectivity index (χ3v) is 4.27. The average molecular weight is 327 g/mol. The molecule has 0 aliphatic carbocycles. The van der Waals surface area contributed by atoms with Crippen molar-refractivity contribution in [3.63, 3.8) is 0 Å². The van der Waals surface area contributed by atoms with Gasteiger partial charge in [-0.3, -0.25) is 0 Å². The van der Waals surface area contributed by atoms with Crippen LogP contribution >= 0.6 is 23.4 Å². The molecule has 0 saturated heterocycles. The van der Waals surface area contributed by atoms with Crippen molar-refractivity contribution in [3.8, 4) is 16.9 Å². The number of hydrogen-bond donors (Lipinski definition) is 1. The van der Waals surface area contributed by atoms with Gasteiger partial charge in [0.15, 0.2) is 0 Å². The molecular weight excluding hydrogens is 315 g/mol. The van der Waals surface area contributed by atoms with Crippen LogP contribution in [0.4, 0.5) is 4.39 Å². The van der Waals surface area contributed by atoms with Gasteiger partial charge in [0.1, 0.15) is 17.1 Å². The largest absolute Gasteiger partial charge is 0.507 e. The molecule has 0 bridgehead atoms. The minimum Gasteiger partial charge on any atom is -0.507 e. The molecule has 0 atom stereocenters. The summed E-state index contributed by atoms with van der Waals surface area (Å²) in [6.07, 6.45) is 1.74. The van der Waals surface area contributed by atoms with Crippen molar-refractivity contribution in [1.82, 2.24) is 0 Å². The van der Waals surface area contributed by atoms with Crippen molar-refractivity contribution in [3.05, 3.63) is 46.7 Å². The third kappa shape index (κ3) is 2.99. The molecule has 21 heavy (non-hydrogen) atoms. The zero-order valence-corrected chi connectivity index (χ0v) is 12.9. The smallest absolute Gasteiger partial charge is 0.342 e. The van der Waals surface area contributed by atoms with Crippen LogP contribution in [-0.2, 0) is 4.74 Å². The second kappa shape index (κ2) is 6.37. The summed E-state index contributed by atoms with van der Waals surface area (Å²) in [6.45, 7) is 0. The number of hydrogen-bond acceptors (Lipinski definition) is 4. The Hall–Kier alpha value is -1.72. The molecule has 0 heterocycles. The predicted molar refractivity (Wildman–Crippen MR) is 81.6 cm³/mol. The van der Waals surface area contributed by atoms with Crippen LogP contribution < -0.4 is 0 Å². The van der Waals surface area contributed by atoms with Gasteiger partial charge in [-0.25, -0.2) is 9.18 Å². The lowest BCUT2D eigenvalue weighted by molar-refractivity contribution is 0.0593. The maximum absolute atomic E-state index is 13.0. The fourth-order valence-electron chi connectivity index (χ4n) is 1.95. The van der Waals surface area contributed by atoms with E-state index in [1.165, 1.54) is 37.1 Å². The standard InChI is InChI=1S/C15H12ClFO3S/c1-20-15(19)12-11(18)7-10(13(16)14(12)21-2)8-3-5-9(17)6-4-8/h3-7,18H,1-2H3. The zero-order valence-electron chi connectivity index (χ0n) is 11.3. The number of thioether (sulfide) groups is 1. The van der Waals surface area contributed by atoms with E-state index in [0.29, 0.717) is 21.0 Å². The van der Waals surface area contributed by atoms with Crippen LogP contribution in [0, 0.1) is 5.82 Å². The summed E-state index contributed by atoms with van der Waals surface area (Å²) in [5.41, 5.74) is 1.19. The van der Waals surface area contributed by atoms with E-state index in [2.05, 4.69) is 4.74 Å². The fourth-order valence-corrected chi connectivity index (χ4v) is 3.12. The first-order valence-electron chi connectivity index (χ1n) is 5.93. The minimum absolute atomic E-state index is 0.0286. The number of methoxy groups -OCH3 is 1. The summed E-state index contributed by atoms with van der Waals surface area (Å²) < 4.78 is 17.7. The predicted octanol–water partition coefficient (Wildman–Crippen LogP) is 4.36. The number of phenols is 1. The van der Waals surface area contributed by atoms with Crippen LogP contribution in [0.15, 0.2) is 35.2 Å². The maximum Gasteiger partial charge on any atom is 0.342 e. The van der Waals surface area contributed by atoms with Crippen molar-refractivity contribution in [1.29, 1.82) is 0 Å². The van der Waals surface area contributed by atoms with Crippen LogP contribution in [0.5, 0.6) is 5.75 Å². The lowest BCUT2D eigenvalue weighted by atomic mass is 10.0. The Bertz CT molecular complexity index is 686. The lowest BCUT2D eigenvalue weighted by Gasteiger charge is -2.14. The highest BCUT2D eigenvalue weighted by Crippen LogP contribution is 2.42. The molecular formula is C15H12ClFO3S. The molecule has 0 aliphatic heterocycles. The Balaban J connectivity index is 2.68. The third-order valence-electron chi connectivity index (χ3n) is 2.95. The number of esters is 1. The number of benzene rings is 2. The number of ether oxygens (including phenoxy) is 1. The molecule has 0 aromatic heterocycles. The lowest BCUT2D eigenvalue weighted by Crippen LogP contribution is -2.04. The van der Waals surface area contributed by atoms with Crippen LogP contribution in [0.3, 0.4) is 0 Å². The Kier molecular flexibility index (Phi) is 4.75. The summed E-state index contributed by atoms with van der Waals surface area (Å²) in [7, 11) is 1.23. The van der Waals surface area contributed by atoms with Gasteiger partial charge in [0.05, 0.1) is 12.1 Å². The van der Waals surface area contributed by atoms with Gasteiger partial charge in [-0.1, -0.05) is 23.7 Å². The van der Waals surface area contributed by atoms with Crippen LogP contribution in [0.2, 0.25) is 5.02 Å². The summed E-state index contributed by atoms with van der Waals surface area (Å²) in [5, 5.41) is 10.4. The van der Waals surface area contributed by atoms with Crippen molar-refractivity contribution >= 4 is 29.3 Å². The monoisotopic (exact) mass is 326 g/mol. The highest BCUT2D eigenvalue weighted by atomic mass is 35.5. The normalized spacial score (nSPS) is 10.5. The Morgan fingerprint density at radius 3 is 2.48 bits per heavy atom. The van der Waals surface area contributed by atoms with Gasteiger partial charge in [0.2, 0.25) is 0 Å². The number of carbonyl (C=O) groups excluding carboxylic acids is 1. The van der Waals surface area contributed by atoms with E-state index >= 15 is 0 Å². The highest BCUT2D eigenvalue weighted by molar-refractivity contribution is 7.98.